The molecule has 4 heterocycles. The molecule has 0 fully saturated rings. The third kappa shape index (κ3) is 17.5. The van der Waals surface area contributed by atoms with Gasteiger partial charge in [0.15, 0.2) is 79.2 Å². The summed E-state index contributed by atoms with van der Waals surface area (Å²) < 4.78 is 151. The van der Waals surface area contributed by atoms with Crippen LogP contribution in [0.15, 0.2) is 134 Å². The van der Waals surface area contributed by atoms with Crippen LogP contribution in [0.25, 0.3) is 44.4 Å². The van der Waals surface area contributed by atoms with Gasteiger partial charge in [-0.2, -0.15) is 0 Å². The number of fused-ring (bicyclic) bond motifs is 4. The summed E-state index contributed by atoms with van der Waals surface area (Å²) in [6, 6.07) is 24.3. The number of nitrogens with zero attached hydrogens (tertiary/aromatic N) is 8. The molecule has 12 aromatic rings. The highest BCUT2D eigenvalue weighted by atomic mass is 127. The number of benzene rings is 8. The van der Waals surface area contributed by atoms with Gasteiger partial charge in [-0.1, -0.05) is 43.0 Å². The van der Waals surface area contributed by atoms with E-state index in [2.05, 4.69) is 52.6 Å². The van der Waals surface area contributed by atoms with E-state index in [-0.39, 0.29) is 176 Å². The number of carbonyl (C=O) groups excluding carboxylic acids is 2. The second kappa shape index (κ2) is 33.1. The molecule has 4 aromatic heterocycles. The minimum absolute atomic E-state index is 0.00411. The maximum atomic E-state index is 15.0. The number of carboxylic acids is 2. The number of aliphatic hydroxyl groups excluding tert-OH is 1. The Kier molecular flexibility index (Phi) is 24.6. The summed E-state index contributed by atoms with van der Waals surface area (Å²) in [5, 5.41) is 54.3. The number of aliphatic hydroxyl groups is 1. The van der Waals surface area contributed by atoms with Gasteiger partial charge in [-0.05, 0) is 145 Å². The zero-order chi connectivity index (χ0) is 69.6. The van der Waals surface area contributed by atoms with E-state index in [4.69, 9.17) is 32.9 Å². The summed E-state index contributed by atoms with van der Waals surface area (Å²) >= 11 is 5.90. The van der Waals surface area contributed by atoms with Crippen molar-refractivity contribution in [1.82, 2.24) is 41.5 Å². The molecule has 0 aliphatic heterocycles. The standard InChI is InChI=1S/C19H15F2IN2O4.C17H13F2IN2O4.C14H7F2IN2O3.C14H8F2N2O3/c1-2-26-5-6-27-10-16(25)13-9-17-19(23-24-28-17)18(21)14(13)7-11-3-4-12(22)8-15(11)20;18-13-6-10(20)2-1-9(13)5-12-11(14(24)8-25-4-3-23)7-15-17(16(12)19)21-22-26-15;15-10-4-7(17)2-1-6(10)3-8-9(14(20)21)5-11-13(12(8)16)18-19-22-11;15-10-4-2-1-3-7(10)5-8-9(14(19)20)6-11-13(12(8)16)17-18-21-11/h2-4,8-9H,1,5-7,10H2;1-2,6-7,23H,3-5,8H2;1-2,4-5H,3H2,(H,20,21);1-4,6H,5H2,(H,19,20). The maximum absolute atomic E-state index is 15.0. The Morgan fingerprint density at radius 1 is 0.433 bits per heavy atom. The van der Waals surface area contributed by atoms with E-state index in [1.54, 1.807) is 30.3 Å². The summed E-state index contributed by atoms with van der Waals surface area (Å²) in [6.07, 6.45) is 0.581. The normalized spacial score (nSPS) is 11.1. The first-order valence-electron chi connectivity index (χ1n) is 27.9. The highest BCUT2D eigenvalue weighted by Crippen LogP contribution is 2.32. The molecule has 0 unspecified atom stereocenters. The molecule has 0 bridgehead atoms. The van der Waals surface area contributed by atoms with Crippen molar-refractivity contribution in [3.8, 4) is 0 Å². The highest BCUT2D eigenvalue weighted by molar-refractivity contribution is 14.1. The van der Waals surface area contributed by atoms with Crippen LogP contribution in [-0.4, -0.2) is 120 Å². The molecule has 12 rings (SSSR count). The number of ketones is 2. The molecule has 3 N–H and O–H groups in total. The number of aromatic carboxylic acids is 2. The van der Waals surface area contributed by atoms with Gasteiger partial charge >= 0.3 is 11.9 Å². The molecule has 0 amide bonds. The van der Waals surface area contributed by atoms with Crippen molar-refractivity contribution in [2.24, 2.45) is 0 Å². The average Bonchev–Trinajstić information content (AvgIpc) is 1.78. The van der Waals surface area contributed by atoms with E-state index in [9.17, 15) is 64.5 Å². The van der Waals surface area contributed by atoms with Crippen LogP contribution < -0.4 is 0 Å². The Morgan fingerprint density at radius 2 is 0.753 bits per heavy atom. The molecule has 0 saturated heterocycles. The lowest BCUT2D eigenvalue weighted by atomic mass is 9.95. The molecule has 33 heteroatoms. The number of carboxylic acid groups (broad SMARTS) is 2. The van der Waals surface area contributed by atoms with Crippen molar-refractivity contribution in [3.63, 3.8) is 0 Å². The van der Waals surface area contributed by atoms with Crippen LogP contribution in [0.2, 0.25) is 0 Å². The van der Waals surface area contributed by atoms with Crippen molar-refractivity contribution in [2.75, 3.05) is 39.6 Å². The molecule has 0 aliphatic rings. The largest absolute Gasteiger partial charge is 0.499 e. The molecular weight excluding hydrogens is 1640 g/mol. The molecule has 0 atom stereocenters. The van der Waals surface area contributed by atoms with Gasteiger partial charge in [-0.25, -0.2) is 44.7 Å². The monoisotopic (exact) mass is 1680 g/mol. The SMILES string of the molecule is C=COCCOCC(=O)c1cc2onnc2c(F)c1Cc1ccc(I)cc1F.O=C(COCCO)c1cc2onnc2c(F)c1Cc1ccc(I)cc1F.O=C(O)c1cc2onnc2c(F)c1Cc1ccc(I)cc1F.O=C(O)c1cc2onnc2c(F)c1Cc1ccccc1F. The summed E-state index contributed by atoms with van der Waals surface area (Å²) in [5.74, 6) is -8.99. The van der Waals surface area contributed by atoms with Gasteiger partial charge in [0, 0.05) is 103 Å². The Bertz CT molecular complexity index is 4940. The van der Waals surface area contributed by atoms with Crippen LogP contribution in [0.3, 0.4) is 0 Å². The molecule has 0 spiro atoms. The zero-order valence-corrected chi connectivity index (χ0v) is 55.7. The number of ether oxygens (including phenoxy) is 3. The lowest BCUT2D eigenvalue weighted by molar-refractivity contribution is 0.0636. The Balaban J connectivity index is 0.000000152. The molecule has 97 heavy (non-hydrogen) atoms. The fourth-order valence-corrected chi connectivity index (χ4v) is 10.8. The summed E-state index contributed by atoms with van der Waals surface area (Å²) in [5.41, 5.74) is -0.682. The molecule has 0 saturated carbocycles. The van der Waals surface area contributed by atoms with Gasteiger partial charge in [0.2, 0.25) is 0 Å². The van der Waals surface area contributed by atoms with E-state index in [1.165, 1.54) is 66.9 Å². The van der Waals surface area contributed by atoms with Crippen molar-refractivity contribution in [2.45, 2.75) is 25.7 Å². The number of carbonyl (C=O) groups is 4. The number of rotatable bonds is 22. The second-order valence-electron chi connectivity index (χ2n) is 20.2. The number of aromatic nitrogens is 8. The van der Waals surface area contributed by atoms with Gasteiger partial charge in [0.05, 0.1) is 37.2 Å². The predicted molar refractivity (Wildman–Crippen MR) is 349 cm³/mol. The molecule has 500 valence electrons. The van der Waals surface area contributed by atoms with E-state index in [0.717, 1.165) is 12.1 Å². The van der Waals surface area contributed by atoms with Gasteiger partial charge in [-0.15, -0.1) is 20.4 Å². The van der Waals surface area contributed by atoms with Gasteiger partial charge in [-0.3, -0.25) is 9.59 Å². The van der Waals surface area contributed by atoms with E-state index in [1.807, 2.05) is 67.8 Å². The first-order valence-corrected chi connectivity index (χ1v) is 31.1. The lowest BCUT2D eigenvalue weighted by Gasteiger charge is -2.11. The topological polar surface area (TPSA) is 312 Å². The van der Waals surface area contributed by atoms with E-state index in [0.29, 0.717) is 10.7 Å². The third-order valence-corrected chi connectivity index (χ3v) is 16.1. The number of hydrogen-bond acceptors (Lipinski definition) is 20. The van der Waals surface area contributed by atoms with Crippen molar-refractivity contribution in [3.05, 3.63) is 240 Å². The minimum Gasteiger partial charge on any atom is -0.499 e. The average molecular weight is 1680 g/mol. The Morgan fingerprint density at radius 3 is 1.07 bits per heavy atom. The van der Waals surface area contributed by atoms with Crippen LogP contribution >= 0.6 is 67.8 Å². The zero-order valence-electron chi connectivity index (χ0n) is 49.2. The quantitative estimate of drug-likeness (QED) is 0.0187. The van der Waals surface area contributed by atoms with Crippen molar-refractivity contribution >= 4 is 136 Å². The second-order valence-corrected chi connectivity index (χ2v) is 23.9. The van der Waals surface area contributed by atoms with E-state index >= 15 is 0 Å². The first-order chi connectivity index (χ1) is 46.6. The Labute approximate surface area is 580 Å². The number of halogens is 11. The smallest absolute Gasteiger partial charge is 0.336 e. The minimum atomic E-state index is -1.34. The first kappa shape index (κ1) is 72.0. The van der Waals surface area contributed by atoms with Crippen LogP contribution in [-0.2, 0) is 39.9 Å². The molecular formula is C64H43F8I3N8O14. The fourth-order valence-electron chi connectivity index (χ4n) is 9.40. The molecule has 22 nitrogen and oxygen atoms in total. The highest BCUT2D eigenvalue weighted by Gasteiger charge is 2.28. The maximum Gasteiger partial charge on any atom is 0.336 e. The third-order valence-electron chi connectivity index (χ3n) is 14.0. The Hall–Kier alpha value is -9.31. The van der Waals surface area contributed by atoms with Crippen LogP contribution in [0.4, 0.5) is 35.1 Å². The number of Topliss-reactive ketones (excluding diaryl/α,β-unsaturated/α-hetero) is 2. The van der Waals surface area contributed by atoms with Crippen LogP contribution in [0.5, 0.6) is 0 Å². The van der Waals surface area contributed by atoms with Crippen molar-refractivity contribution < 1.29 is 102 Å². The van der Waals surface area contributed by atoms with Crippen LogP contribution in [0, 0.1) is 57.2 Å². The predicted octanol–water partition coefficient (Wildman–Crippen LogP) is 13.1. The molecule has 0 radical (unpaired) electrons. The number of hydrogen-bond donors (Lipinski definition) is 3. The summed E-state index contributed by atoms with van der Waals surface area (Å²) in [7, 11) is 0. The van der Waals surface area contributed by atoms with E-state index < -0.39 is 70.0 Å². The summed E-state index contributed by atoms with van der Waals surface area (Å²) in [4.78, 5) is 47.6. The van der Waals surface area contributed by atoms with Gasteiger partial charge in [0.25, 0.3) is 0 Å². The van der Waals surface area contributed by atoms with Gasteiger partial charge in [0.1, 0.15) is 43.1 Å². The van der Waals surface area contributed by atoms with Crippen molar-refractivity contribution in [1.29, 1.82) is 0 Å². The lowest BCUT2D eigenvalue weighted by Crippen LogP contribution is -2.15. The van der Waals surface area contributed by atoms with Gasteiger partial charge < -0.3 is 47.6 Å². The molecule has 0 aliphatic carbocycles. The molecule has 8 aromatic carbocycles. The van der Waals surface area contributed by atoms with Crippen LogP contribution in [0.1, 0.15) is 85.9 Å². The summed E-state index contributed by atoms with van der Waals surface area (Å²) in [6.45, 7) is 2.87. The fraction of sp³-hybridized carbons (Fsp3) is 0.156.